The summed E-state index contributed by atoms with van der Waals surface area (Å²) in [5.41, 5.74) is 6.92. The molecule has 1 saturated heterocycles. The number of hydrogen-bond acceptors (Lipinski definition) is 10. The maximum absolute atomic E-state index is 13.8. The number of amides is 1. The van der Waals surface area contributed by atoms with E-state index in [2.05, 4.69) is 5.32 Å². The Hall–Kier alpha value is -2.51. The first-order chi connectivity index (χ1) is 19.9. The van der Waals surface area contributed by atoms with Gasteiger partial charge in [0, 0.05) is 25.2 Å². The van der Waals surface area contributed by atoms with E-state index in [0.717, 1.165) is 9.87 Å². The van der Waals surface area contributed by atoms with Gasteiger partial charge in [0.05, 0.1) is 30.8 Å². The van der Waals surface area contributed by atoms with Crippen molar-refractivity contribution < 1.29 is 41.2 Å². The quantitative estimate of drug-likeness (QED) is 0.208. The molecule has 1 heterocycles. The fourth-order valence-corrected chi connectivity index (χ4v) is 7.02. The molecule has 0 aromatic heterocycles. The van der Waals surface area contributed by atoms with Crippen LogP contribution < -0.4 is 15.9 Å². The number of sulfonamides is 1. The first-order valence-electron chi connectivity index (χ1n) is 14.0. The Kier molecular flexibility index (Phi) is 12.8. The standard InChI is InChI=1S/C28H42N3O9PS/c1-4-15-38-41(33,34)40-27(19-31(18-21(2)3)42(35,36)25-12-10-23(29)11-13-25)26(17-22-8-6-5-7-9-22)30-28(32)39-24-14-16-37-20-24/h5-13,21,24,26-27H,4,14-20,29H2,1-3H3,(H,30,32)(H,33,34)/p-1/t24-,26-,27+/m0/s1. The molecule has 1 unspecified atom stereocenters. The number of alkyl carbamates (subject to hydrolysis) is 1. The van der Waals surface area contributed by atoms with Crippen LogP contribution in [-0.4, -0.2) is 70.0 Å². The van der Waals surface area contributed by atoms with Crippen LogP contribution >= 0.6 is 7.82 Å². The van der Waals surface area contributed by atoms with Gasteiger partial charge in [0.2, 0.25) is 10.0 Å². The molecule has 1 fully saturated rings. The molecule has 12 nitrogen and oxygen atoms in total. The van der Waals surface area contributed by atoms with E-state index in [9.17, 15) is 22.7 Å². The molecule has 4 atom stereocenters. The number of phosphoric ester groups is 1. The van der Waals surface area contributed by atoms with E-state index < -0.39 is 48.7 Å². The van der Waals surface area contributed by atoms with Crippen molar-refractivity contribution in [2.45, 2.75) is 63.2 Å². The average molecular weight is 627 g/mol. The highest BCUT2D eigenvalue weighted by Gasteiger charge is 2.36. The Morgan fingerprint density at radius 3 is 2.45 bits per heavy atom. The number of benzene rings is 2. The van der Waals surface area contributed by atoms with Crippen molar-refractivity contribution >= 4 is 29.6 Å². The van der Waals surface area contributed by atoms with E-state index in [4.69, 9.17) is 24.3 Å². The molecule has 0 aliphatic carbocycles. The van der Waals surface area contributed by atoms with E-state index in [-0.39, 0.29) is 37.0 Å². The molecular formula is C28H41N3O9PS-. The first kappa shape index (κ1) is 34.0. The van der Waals surface area contributed by atoms with Gasteiger partial charge in [-0.1, -0.05) is 51.1 Å². The van der Waals surface area contributed by atoms with E-state index in [1.807, 2.05) is 32.0 Å². The maximum Gasteiger partial charge on any atom is 0.407 e. The van der Waals surface area contributed by atoms with E-state index in [0.29, 0.717) is 25.1 Å². The number of nitrogen functional groups attached to an aromatic ring is 1. The lowest BCUT2D eigenvalue weighted by Crippen LogP contribution is -2.52. The van der Waals surface area contributed by atoms with Crippen molar-refractivity contribution in [3.8, 4) is 0 Å². The number of anilines is 1. The van der Waals surface area contributed by atoms with Crippen molar-refractivity contribution in [2.75, 3.05) is 38.6 Å². The van der Waals surface area contributed by atoms with Crippen molar-refractivity contribution in [1.29, 1.82) is 0 Å². The van der Waals surface area contributed by atoms with Gasteiger partial charge in [-0.05, 0) is 48.6 Å². The van der Waals surface area contributed by atoms with Crippen molar-refractivity contribution in [3.63, 3.8) is 0 Å². The summed E-state index contributed by atoms with van der Waals surface area (Å²) in [6.45, 7) is 5.65. The summed E-state index contributed by atoms with van der Waals surface area (Å²) in [5, 5.41) is 2.73. The van der Waals surface area contributed by atoms with Gasteiger partial charge in [-0.15, -0.1) is 0 Å². The average Bonchev–Trinajstić information content (AvgIpc) is 3.44. The number of carbonyl (C=O) groups is 1. The minimum atomic E-state index is -4.92. The molecule has 3 rings (SSSR count). The zero-order valence-electron chi connectivity index (χ0n) is 24.2. The van der Waals surface area contributed by atoms with Gasteiger partial charge in [-0.3, -0.25) is 4.57 Å². The summed E-state index contributed by atoms with van der Waals surface area (Å²) < 4.78 is 63.0. The highest BCUT2D eigenvalue weighted by Crippen LogP contribution is 2.41. The summed E-state index contributed by atoms with van der Waals surface area (Å²) in [6, 6.07) is 13.7. The van der Waals surface area contributed by atoms with Crippen molar-refractivity contribution in [3.05, 3.63) is 60.2 Å². The molecule has 1 aliphatic heterocycles. The Morgan fingerprint density at radius 2 is 1.86 bits per heavy atom. The second kappa shape index (κ2) is 15.8. The van der Waals surface area contributed by atoms with Crippen LogP contribution in [0, 0.1) is 5.92 Å². The Bertz CT molecular complexity index is 1270. The highest BCUT2D eigenvalue weighted by molar-refractivity contribution is 7.89. The van der Waals surface area contributed by atoms with Crippen molar-refractivity contribution in [1.82, 2.24) is 9.62 Å². The van der Waals surface area contributed by atoms with E-state index >= 15 is 0 Å². The molecule has 3 N–H and O–H groups in total. The lowest BCUT2D eigenvalue weighted by atomic mass is 10.0. The molecule has 2 aromatic carbocycles. The number of phosphoric acid groups is 1. The van der Waals surface area contributed by atoms with Crippen LogP contribution in [0.2, 0.25) is 0 Å². The third-order valence-corrected chi connectivity index (χ3v) is 9.27. The molecule has 14 heteroatoms. The van der Waals surface area contributed by atoms with Gasteiger partial charge in [0.25, 0.3) is 7.82 Å². The molecule has 0 spiro atoms. The molecular weight excluding hydrogens is 585 g/mol. The predicted molar refractivity (Wildman–Crippen MR) is 156 cm³/mol. The molecule has 0 bridgehead atoms. The molecule has 42 heavy (non-hydrogen) atoms. The highest BCUT2D eigenvalue weighted by atomic mass is 32.2. The van der Waals surface area contributed by atoms with Gasteiger partial charge >= 0.3 is 6.09 Å². The zero-order chi connectivity index (χ0) is 30.8. The van der Waals surface area contributed by atoms with Gasteiger partial charge in [0.15, 0.2) is 0 Å². The first-order valence-corrected chi connectivity index (χ1v) is 16.9. The monoisotopic (exact) mass is 626 g/mol. The minimum Gasteiger partial charge on any atom is -0.756 e. The third-order valence-electron chi connectivity index (χ3n) is 6.40. The Labute approximate surface area is 248 Å². The lowest BCUT2D eigenvalue weighted by Gasteiger charge is -2.36. The fourth-order valence-electron chi connectivity index (χ4n) is 4.39. The number of nitrogens with zero attached hydrogens (tertiary/aromatic N) is 1. The summed E-state index contributed by atoms with van der Waals surface area (Å²) in [7, 11) is -9.05. The number of nitrogens with one attached hydrogen (secondary N) is 1. The van der Waals surface area contributed by atoms with E-state index in [1.165, 1.54) is 24.3 Å². The second-order valence-corrected chi connectivity index (χ2v) is 13.8. The van der Waals surface area contributed by atoms with Crippen LogP contribution in [-0.2, 0) is 39.5 Å². The van der Waals surface area contributed by atoms with Crippen LogP contribution in [0.15, 0.2) is 59.5 Å². The smallest absolute Gasteiger partial charge is 0.407 e. The van der Waals surface area contributed by atoms with Gasteiger partial charge in [-0.2, -0.15) is 4.31 Å². The van der Waals surface area contributed by atoms with Gasteiger partial charge in [0.1, 0.15) is 12.2 Å². The van der Waals surface area contributed by atoms with Crippen LogP contribution in [0.4, 0.5) is 10.5 Å². The summed E-state index contributed by atoms with van der Waals surface area (Å²) in [5.74, 6) is -0.127. The van der Waals surface area contributed by atoms with Crippen molar-refractivity contribution in [2.24, 2.45) is 5.92 Å². The Morgan fingerprint density at radius 1 is 1.17 bits per heavy atom. The lowest BCUT2D eigenvalue weighted by molar-refractivity contribution is -0.230. The zero-order valence-corrected chi connectivity index (χ0v) is 25.9. The topological polar surface area (TPSA) is 170 Å². The minimum absolute atomic E-state index is 0.0168. The normalized spacial score (nSPS) is 18.5. The largest absolute Gasteiger partial charge is 0.756 e. The predicted octanol–water partition coefficient (Wildman–Crippen LogP) is 3.32. The molecule has 2 aromatic rings. The molecule has 234 valence electrons. The van der Waals surface area contributed by atoms with Crippen LogP contribution in [0.25, 0.3) is 0 Å². The molecule has 1 aliphatic rings. The summed E-state index contributed by atoms with van der Waals surface area (Å²) in [4.78, 5) is 25.9. The molecule has 1 amide bonds. The summed E-state index contributed by atoms with van der Waals surface area (Å²) >= 11 is 0. The number of hydrogen-bond donors (Lipinski definition) is 2. The summed E-state index contributed by atoms with van der Waals surface area (Å²) in [6.07, 6.45) is -1.57. The fraction of sp³-hybridized carbons (Fsp3) is 0.536. The maximum atomic E-state index is 13.8. The van der Waals surface area contributed by atoms with Crippen LogP contribution in [0.5, 0.6) is 0 Å². The molecule has 0 saturated carbocycles. The number of ether oxygens (including phenoxy) is 2. The molecule has 0 radical (unpaired) electrons. The number of carbonyl (C=O) groups excluding carboxylic acids is 1. The van der Waals surface area contributed by atoms with E-state index in [1.54, 1.807) is 19.1 Å². The van der Waals surface area contributed by atoms with Crippen LogP contribution in [0.3, 0.4) is 0 Å². The van der Waals surface area contributed by atoms with Crippen LogP contribution in [0.1, 0.15) is 39.2 Å². The van der Waals surface area contributed by atoms with Gasteiger partial charge in [-0.25, -0.2) is 13.2 Å². The SMILES string of the molecule is CCCOP(=O)([O-])O[C@H](CN(CC(C)C)S(=O)(=O)c1ccc(N)cc1)[C@H](Cc1ccccc1)NC(=O)O[C@H]1CCOC1. The number of rotatable bonds is 16. The third kappa shape index (κ3) is 10.6. The second-order valence-electron chi connectivity index (χ2n) is 10.5. The van der Waals surface area contributed by atoms with Gasteiger partial charge < -0.3 is 34.5 Å². The number of nitrogens with two attached hydrogens (primary N) is 1. The Balaban J connectivity index is 2.00.